The Morgan fingerprint density at radius 1 is 1.25 bits per heavy atom. The molecule has 2 aromatic rings. The number of carbonyl (C=O) groups excluding carboxylic acids is 1. The van der Waals surface area contributed by atoms with Gasteiger partial charge in [-0.05, 0) is 30.7 Å². The van der Waals surface area contributed by atoms with Crippen LogP contribution in [0.15, 0.2) is 42.5 Å². The van der Waals surface area contributed by atoms with Crippen molar-refractivity contribution in [2.45, 2.75) is 13.5 Å². The Morgan fingerprint density at radius 2 is 2.00 bits per heavy atom. The highest BCUT2D eigenvalue weighted by atomic mass is 16.5. The SMILES string of the molecule is COC(=O)c1cccc(NCc2cccc(C)c2O)c1. The summed E-state index contributed by atoms with van der Waals surface area (Å²) in [7, 11) is 1.35. The van der Waals surface area contributed by atoms with Crippen molar-refractivity contribution < 1.29 is 14.6 Å². The largest absolute Gasteiger partial charge is 0.507 e. The molecule has 0 heterocycles. The van der Waals surface area contributed by atoms with Gasteiger partial charge in [0, 0.05) is 17.8 Å². The van der Waals surface area contributed by atoms with Crippen LogP contribution in [-0.2, 0) is 11.3 Å². The summed E-state index contributed by atoms with van der Waals surface area (Å²) in [6.07, 6.45) is 0. The molecule has 2 rings (SSSR count). The molecule has 0 spiro atoms. The molecule has 2 aromatic carbocycles. The Labute approximate surface area is 118 Å². The van der Waals surface area contributed by atoms with Crippen LogP contribution in [0.4, 0.5) is 5.69 Å². The quantitative estimate of drug-likeness (QED) is 0.839. The average Bonchev–Trinajstić information content (AvgIpc) is 2.48. The standard InChI is InChI=1S/C16H17NO3/c1-11-5-3-7-13(15(11)18)10-17-14-8-4-6-12(9-14)16(19)20-2/h3-9,17-18H,10H2,1-2H3. The van der Waals surface area contributed by atoms with Gasteiger partial charge in [-0.15, -0.1) is 0 Å². The van der Waals surface area contributed by atoms with Crippen molar-refractivity contribution in [1.29, 1.82) is 0 Å². The van der Waals surface area contributed by atoms with E-state index in [1.807, 2.05) is 31.2 Å². The summed E-state index contributed by atoms with van der Waals surface area (Å²) in [5, 5.41) is 13.1. The lowest BCUT2D eigenvalue weighted by atomic mass is 10.1. The van der Waals surface area contributed by atoms with Gasteiger partial charge in [-0.1, -0.05) is 24.3 Å². The Balaban J connectivity index is 2.11. The summed E-state index contributed by atoms with van der Waals surface area (Å²) in [5.74, 6) is -0.0730. The van der Waals surface area contributed by atoms with Crippen molar-refractivity contribution >= 4 is 11.7 Å². The fourth-order valence-electron chi connectivity index (χ4n) is 1.93. The fourth-order valence-corrected chi connectivity index (χ4v) is 1.93. The third kappa shape index (κ3) is 3.09. The van der Waals surface area contributed by atoms with Gasteiger partial charge < -0.3 is 15.2 Å². The van der Waals surface area contributed by atoms with E-state index < -0.39 is 0 Å². The number of para-hydroxylation sites is 1. The number of aromatic hydroxyl groups is 1. The highest BCUT2D eigenvalue weighted by molar-refractivity contribution is 5.90. The molecule has 0 fully saturated rings. The number of hydrogen-bond acceptors (Lipinski definition) is 4. The van der Waals surface area contributed by atoms with E-state index in [9.17, 15) is 9.90 Å². The van der Waals surface area contributed by atoms with E-state index >= 15 is 0 Å². The predicted molar refractivity (Wildman–Crippen MR) is 78.0 cm³/mol. The lowest BCUT2D eigenvalue weighted by Gasteiger charge is -2.10. The zero-order valence-corrected chi connectivity index (χ0v) is 11.5. The molecule has 0 saturated heterocycles. The van der Waals surface area contributed by atoms with Gasteiger partial charge in [0.05, 0.1) is 12.7 Å². The van der Waals surface area contributed by atoms with E-state index in [0.717, 1.165) is 16.8 Å². The molecule has 4 heteroatoms. The third-order valence-corrected chi connectivity index (χ3v) is 3.09. The first-order chi connectivity index (χ1) is 9.61. The zero-order valence-electron chi connectivity index (χ0n) is 11.5. The van der Waals surface area contributed by atoms with Crippen LogP contribution in [-0.4, -0.2) is 18.2 Å². The first-order valence-corrected chi connectivity index (χ1v) is 6.31. The maximum atomic E-state index is 11.4. The third-order valence-electron chi connectivity index (χ3n) is 3.09. The normalized spacial score (nSPS) is 10.1. The van der Waals surface area contributed by atoms with Crippen LogP contribution in [0.25, 0.3) is 0 Å². The molecule has 0 aliphatic heterocycles. The van der Waals surface area contributed by atoms with Crippen molar-refractivity contribution in [3.05, 3.63) is 59.2 Å². The summed E-state index contributed by atoms with van der Waals surface area (Å²) in [4.78, 5) is 11.4. The Morgan fingerprint density at radius 3 is 2.75 bits per heavy atom. The average molecular weight is 271 g/mol. The topological polar surface area (TPSA) is 58.6 Å². The van der Waals surface area contributed by atoms with Crippen LogP contribution >= 0.6 is 0 Å². The maximum absolute atomic E-state index is 11.4. The second-order valence-electron chi connectivity index (χ2n) is 4.51. The van der Waals surface area contributed by atoms with Gasteiger partial charge >= 0.3 is 5.97 Å². The smallest absolute Gasteiger partial charge is 0.337 e. The first kappa shape index (κ1) is 13.9. The summed E-state index contributed by atoms with van der Waals surface area (Å²) >= 11 is 0. The number of methoxy groups -OCH3 is 1. The molecule has 4 nitrogen and oxygen atoms in total. The number of ether oxygens (including phenoxy) is 1. The Kier molecular flexibility index (Phi) is 4.25. The van der Waals surface area contributed by atoms with Crippen molar-refractivity contribution in [3.63, 3.8) is 0 Å². The number of hydrogen-bond donors (Lipinski definition) is 2. The highest BCUT2D eigenvalue weighted by Crippen LogP contribution is 2.22. The first-order valence-electron chi connectivity index (χ1n) is 6.31. The van der Waals surface area contributed by atoms with Crippen molar-refractivity contribution in [1.82, 2.24) is 0 Å². The molecule has 0 atom stereocenters. The van der Waals surface area contributed by atoms with Crippen LogP contribution < -0.4 is 5.32 Å². The molecule has 0 aromatic heterocycles. The minimum atomic E-state index is -0.368. The molecule has 0 aliphatic carbocycles. The number of phenolic OH excluding ortho intramolecular Hbond substituents is 1. The molecule has 20 heavy (non-hydrogen) atoms. The summed E-state index contributed by atoms with van der Waals surface area (Å²) in [6.45, 7) is 2.34. The summed E-state index contributed by atoms with van der Waals surface area (Å²) in [6, 6.07) is 12.7. The van der Waals surface area contributed by atoms with Gasteiger partial charge in [0.15, 0.2) is 0 Å². The minimum Gasteiger partial charge on any atom is -0.507 e. The monoisotopic (exact) mass is 271 g/mol. The summed E-state index contributed by atoms with van der Waals surface area (Å²) < 4.78 is 4.68. The van der Waals surface area contributed by atoms with Gasteiger partial charge in [-0.3, -0.25) is 0 Å². The van der Waals surface area contributed by atoms with Gasteiger partial charge in [0.1, 0.15) is 5.75 Å². The number of rotatable bonds is 4. The number of esters is 1. The number of benzene rings is 2. The zero-order chi connectivity index (χ0) is 14.5. The second kappa shape index (κ2) is 6.10. The van der Waals surface area contributed by atoms with Gasteiger partial charge in [-0.2, -0.15) is 0 Å². The molecule has 0 bridgehead atoms. The number of anilines is 1. The number of aryl methyl sites for hydroxylation is 1. The van der Waals surface area contributed by atoms with Crippen LogP contribution in [0.2, 0.25) is 0 Å². The van der Waals surface area contributed by atoms with E-state index in [-0.39, 0.29) is 5.97 Å². The van der Waals surface area contributed by atoms with Gasteiger partial charge in [0.25, 0.3) is 0 Å². The predicted octanol–water partition coefficient (Wildman–Crippen LogP) is 3.10. The molecule has 104 valence electrons. The number of phenols is 1. The Hall–Kier alpha value is -2.49. The summed E-state index contributed by atoms with van der Waals surface area (Å²) in [5.41, 5.74) is 2.95. The van der Waals surface area contributed by atoms with E-state index in [1.54, 1.807) is 18.2 Å². The molecule has 2 N–H and O–H groups in total. The lowest BCUT2D eigenvalue weighted by Crippen LogP contribution is -2.04. The molecule has 0 unspecified atom stereocenters. The Bertz CT molecular complexity index is 623. The highest BCUT2D eigenvalue weighted by Gasteiger charge is 2.06. The van der Waals surface area contributed by atoms with Crippen LogP contribution in [0.3, 0.4) is 0 Å². The molecule has 0 aliphatic rings. The van der Waals surface area contributed by atoms with Crippen molar-refractivity contribution in [2.75, 3.05) is 12.4 Å². The van der Waals surface area contributed by atoms with E-state index in [4.69, 9.17) is 0 Å². The lowest BCUT2D eigenvalue weighted by molar-refractivity contribution is 0.0601. The van der Waals surface area contributed by atoms with Crippen LogP contribution in [0.5, 0.6) is 5.75 Å². The van der Waals surface area contributed by atoms with Crippen LogP contribution in [0, 0.1) is 6.92 Å². The van der Waals surface area contributed by atoms with E-state index in [2.05, 4.69) is 10.1 Å². The maximum Gasteiger partial charge on any atom is 0.337 e. The molecular formula is C16H17NO3. The van der Waals surface area contributed by atoms with Crippen molar-refractivity contribution in [2.24, 2.45) is 0 Å². The van der Waals surface area contributed by atoms with E-state index in [1.165, 1.54) is 7.11 Å². The molecule has 0 amide bonds. The van der Waals surface area contributed by atoms with Crippen LogP contribution in [0.1, 0.15) is 21.5 Å². The fraction of sp³-hybridized carbons (Fsp3) is 0.188. The van der Waals surface area contributed by atoms with Gasteiger partial charge in [-0.25, -0.2) is 4.79 Å². The van der Waals surface area contributed by atoms with Gasteiger partial charge in [0.2, 0.25) is 0 Å². The number of nitrogens with one attached hydrogen (secondary N) is 1. The molecule has 0 saturated carbocycles. The molecular weight excluding hydrogens is 254 g/mol. The minimum absolute atomic E-state index is 0.295. The van der Waals surface area contributed by atoms with Crippen molar-refractivity contribution in [3.8, 4) is 5.75 Å². The van der Waals surface area contributed by atoms with E-state index in [0.29, 0.717) is 17.9 Å². The second-order valence-corrected chi connectivity index (χ2v) is 4.51. The molecule has 0 radical (unpaired) electrons. The number of carbonyl (C=O) groups is 1.